The van der Waals surface area contributed by atoms with Crippen LogP contribution in [0.5, 0.6) is 5.75 Å². The average Bonchev–Trinajstić information content (AvgIpc) is 2.89. The molecule has 3 N–H and O–H groups in total. The molecule has 0 unspecified atom stereocenters. The fourth-order valence-electron chi connectivity index (χ4n) is 2.21. The average molecular weight is 269 g/mol. The van der Waals surface area contributed by atoms with Crippen molar-refractivity contribution in [1.29, 1.82) is 0 Å². The summed E-state index contributed by atoms with van der Waals surface area (Å²) in [5.41, 5.74) is 3.33. The van der Waals surface area contributed by atoms with Crippen LogP contribution in [0.3, 0.4) is 0 Å². The Morgan fingerprint density at radius 2 is 1.89 bits per heavy atom. The van der Waals surface area contributed by atoms with Gasteiger partial charge < -0.3 is 10.2 Å². The van der Waals surface area contributed by atoms with E-state index in [9.17, 15) is 8.78 Å². The van der Waals surface area contributed by atoms with E-state index in [1.807, 2.05) is 0 Å². The number of aliphatic imine (C=N–C) groups is 1. The van der Waals surface area contributed by atoms with Crippen molar-refractivity contribution in [1.82, 2.24) is 5.43 Å². The number of nitrogens with zero attached hydrogens (tertiary/aromatic N) is 1. The van der Waals surface area contributed by atoms with Crippen LogP contribution in [0.25, 0.3) is 0 Å². The second-order valence-corrected chi connectivity index (χ2v) is 4.46. The first-order chi connectivity index (χ1) is 9.19. The lowest BCUT2D eigenvalue weighted by Crippen LogP contribution is -2.32. The lowest BCUT2D eigenvalue weighted by molar-refractivity contribution is -0.0498. The Bertz CT molecular complexity index is 428. The van der Waals surface area contributed by atoms with Crippen molar-refractivity contribution in [2.75, 3.05) is 0 Å². The molecule has 0 saturated heterocycles. The van der Waals surface area contributed by atoms with Gasteiger partial charge in [0.2, 0.25) is 0 Å². The molecule has 1 aliphatic rings. The second-order valence-electron chi connectivity index (χ2n) is 4.46. The Hall–Kier alpha value is -1.69. The maximum absolute atomic E-state index is 12.0. The quantitative estimate of drug-likeness (QED) is 0.382. The maximum atomic E-state index is 12.0. The zero-order valence-electron chi connectivity index (χ0n) is 10.5. The van der Waals surface area contributed by atoms with Crippen molar-refractivity contribution in [2.45, 2.75) is 38.3 Å². The molecular formula is C13H17F2N3O. The van der Waals surface area contributed by atoms with Crippen LogP contribution < -0.4 is 16.0 Å². The van der Waals surface area contributed by atoms with Crippen LogP contribution in [0.2, 0.25) is 0 Å². The first kappa shape index (κ1) is 13.7. The Balaban J connectivity index is 2.09. The van der Waals surface area contributed by atoms with Crippen LogP contribution >= 0.6 is 0 Å². The number of alkyl halides is 2. The number of halogens is 2. The zero-order chi connectivity index (χ0) is 13.7. The summed E-state index contributed by atoms with van der Waals surface area (Å²) < 4.78 is 28.4. The number of nitrogens with one attached hydrogen (secondary N) is 1. The maximum Gasteiger partial charge on any atom is 0.387 e. The largest absolute Gasteiger partial charge is 0.435 e. The molecule has 0 amide bonds. The highest BCUT2D eigenvalue weighted by Gasteiger charge is 2.15. The van der Waals surface area contributed by atoms with Gasteiger partial charge in [0, 0.05) is 5.56 Å². The molecule has 1 aromatic carbocycles. The summed E-state index contributed by atoms with van der Waals surface area (Å²) in [6, 6.07) is 6.56. The van der Waals surface area contributed by atoms with Crippen LogP contribution in [-0.2, 0) is 0 Å². The van der Waals surface area contributed by atoms with Crippen molar-refractivity contribution in [3.63, 3.8) is 0 Å². The van der Waals surface area contributed by atoms with Crippen LogP contribution in [-0.4, -0.2) is 18.5 Å². The van der Waals surface area contributed by atoms with E-state index in [4.69, 9.17) is 5.84 Å². The molecule has 0 aliphatic heterocycles. The molecule has 0 atom stereocenters. The van der Waals surface area contributed by atoms with E-state index < -0.39 is 6.61 Å². The molecule has 0 aromatic heterocycles. The van der Waals surface area contributed by atoms with Crippen LogP contribution in [0.4, 0.5) is 8.78 Å². The van der Waals surface area contributed by atoms with Gasteiger partial charge in [-0.1, -0.05) is 12.8 Å². The number of benzene rings is 1. The first-order valence-electron chi connectivity index (χ1n) is 6.28. The van der Waals surface area contributed by atoms with Gasteiger partial charge in [-0.3, -0.25) is 4.99 Å². The molecule has 0 radical (unpaired) electrons. The lowest BCUT2D eigenvalue weighted by Gasteiger charge is -2.10. The highest BCUT2D eigenvalue weighted by molar-refractivity contribution is 5.98. The van der Waals surface area contributed by atoms with Crippen molar-refractivity contribution in [2.24, 2.45) is 10.8 Å². The normalized spacial score (nSPS) is 16.9. The molecule has 4 nitrogen and oxygen atoms in total. The van der Waals surface area contributed by atoms with Gasteiger partial charge in [0.15, 0.2) is 0 Å². The summed E-state index contributed by atoms with van der Waals surface area (Å²) in [5.74, 6) is 6.17. The summed E-state index contributed by atoms with van der Waals surface area (Å²) in [4.78, 5) is 4.55. The smallest absolute Gasteiger partial charge is 0.387 e. The topological polar surface area (TPSA) is 59.6 Å². The van der Waals surface area contributed by atoms with E-state index >= 15 is 0 Å². The number of rotatable bonds is 4. The summed E-state index contributed by atoms with van der Waals surface area (Å²) in [5, 5.41) is 0. The van der Waals surface area contributed by atoms with E-state index in [0.717, 1.165) is 18.4 Å². The molecule has 2 rings (SSSR count). The molecule has 0 spiro atoms. The number of amidine groups is 1. The van der Waals surface area contributed by atoms with Gasteiger partial charge >= 0.3 is 6.61 Å². The molecule has 0 heterocycles. The molecule has 19 heavy (non-hydrogen) atoms. The monoisotopic (exact) mass is 269 g/mol. The van der Waals surface area contributed by atoms with Gasteiger partial charge in [0.05, 0.1) is 6.04 Å². The minimum absolute atomic E-state index is 0.121. The third-order valence-electron chi connectivity index (χ3n) is 3.13. The van der Waals surface area contributed by atoms with E-state index in [1.165, 1.54) is 25.0 Å². The predicted molar refractivity (Wildman–Crippen MR) is 69.2 cm³/mol. The van der Waals surface area contributed by atoms with Gasteiger partial charge in [-0.05, 0) is 37.1 Å². The minimum Gasteiger partial charge on any atom is -0.435 e. The molecule has 0 bridgehead atoms. The molecule has 1 aromatic rings. The number of ether oxygens (including phenoxy) is 1. The number of hydrazine groups is 1. The van der Waals surface area contributed by atoms with Crippen molar-refractivity contribution in [3.05, 3.63) is 29.8 Å². The van der Waals surface area contributed by atoms with E-state index in [0.29, 0.717) is 11.9 Å². The van der Waals surface area contributed by atoms with Gasteiger partial charge in [0.25, 0.3) is 0 Å². The molecule has 1 aliphatic carbocycles. The van der Waals surface area contributed by atoms with Crippen molar-refractivity contribution >= 4 is 5.84 Å². The van der Waals surface area contributed by atoms with Gasteiger partial charge in [-0.15, -0.1) is 0 Å². The Labute approximate surface area is 110 Å². The van der Waals surface area contributed by atoms with Crippen LogP contribution in [0.1, 0.15) is 31.2 Å². The SMILES string of the molecule is NNC(=NC1CCCC1)c1ccc(OC(F)F)cc1. The fraction of sp³-hybridized carbons (Fsp3) is 0.462. The third-order valence-corrected chi connectivity index (χ3v) is 3.13. The molecule has 1 fully saturated rings. The summed E-state index contributed by atoms with van der Waals surface area (Å²) in [7, 11) is 0. The van der Waals surface area contributed by atoms with E-state index in [2.05, 4.69) is 15.2 Å². The lowest BCUT2D eigenvalue weighted by atomic mass is 10.2. The summed E-state index contributed by atoms with van der Waals surface area (Å²) in [6.45, 7) is -2.81. The highest BCUT2D eigenvalue weighted by atomic mass is 19.3. The number of hydrogen-bond acceptors (Lipinski definition) is 3. The van der Waals surface area contributed by atoms with Gasteiger partial charge in [-0.2, -0.15) is 8.78 Å². The highest BCUT2D eigenvalue weighted by Crippen LogP contribution is 2.22. The predicted octanol–water partition coefficient (Wildman–Crippen LogP) is 2.44. The van der Waals surface area contributed by atoms with Crippen LogP contribution in [0.15, 0.2) is 29.3 Å². The summed E-state index contributed by atoms with van der Waals surface area (Å²) in [6.07, 6.45) is 4.51. The summed E-state index contributed by atoms with van der Waals surface area (Å²) >= 11 is 0. The Kier molecular flexibility index (Phi) is 4.68. The van der Waals surface area contributed by atoms with E-state index in [-0.39, 0.29) is 5.75 Å². The second kappa shape index (κ2) is 6.47. The van der Waals surface area contributed by atoms with E-state index in [1.54, 1.807) is 12.1 Å². The standard InChI is InChI=1S/C13H17F2N3O/c14-13(15)19-11-7-5-9(6-8-11)12(18-16)17-10-3-1-2-4-10/h5-8,10,13H,1-4,16H2,(H,17,18). The Morgan fingerprint density at radius 1 is 1.26 bits per heavy atom. The molecule has 104 valence electrons. The van der Waals surface area contributed by atoms with Crippen molar-refractivity contribution in [3.8, 4) is 5.75 Å². The number of hydrogen-bond donors (Lipinski definition) is 2. The molecule has 6 heteroatoms. The molecule has 1 saturated carbocycles. The van der Waals surface area contributed by atoms with Crippen molar-refractivity contribution < 1.29 is 13.5 Å². The van der Waals surface area contributed by atoms with Gasteiger partial charge in [0.1, 0.15) is 11.6 Å². The first-order valence-corrected chi connectivity index (χ1v) is 6.28. The Morgan fingerprint density at radius 3 is 2.42 bits per heavy atom. The molecular weight excluding hydrogens is 252 g/mol. The van der Waals surface area contributed by atoms with Crippen LogP contribution in [0, 0.1) is 0 Å². The minimum atomic E-state index is -2.81. The fourth-order valence-corrected chi connectivity index (χ4v) is 2.21. The zero-order valence-corrected chi connectivity index (χ0v) is 10.5. The van der Waals surface area contributed by atoms with Gasteiger partial charge in [-0.25, -0.2) is 5.84 Å². The third kappa shape index (κ3) is 3.89. The number of nitrogens with two attached hydrogens (primary N) is 1.